The first-order valence-electron chi connectivity index (χ1n) is 9.29. The van der Waals surface area contributed by atoms with E-state index in [1.54, 1.807) is 12.1 Å². The van der Waals surface area contributed by atoms with Gasteiger partial charge in [-0.3, -0.25) is 9.69 Å². The molecular weight excluding hydrogens is 376 g/mol. The summed E-state index contributed by atoms with van der Waals surface area (Å²) in [5.74, 6) is 0.150. The van der Waals surface area contributed by atoms with Crippen LogP contribution in [0.5, 0.6) is 0 Å². The summed E-state index contributed by atoms with van der Waals surface area (Å²) in [6.07, 6.45) is 0. The number of likely N-dealkylation sites (N-methyl/N-ethyl adjacent to an activating group) is 1. The average Bonchev–Trinajstić information content (AvgIpc) is 2.69. The molecule has 3 rings (SSSR count). The second-order valence-corrected chi connectivity index (χ2v) is 7.48. The van der Waals surface area contributed by atoms with Gasteiger partial charge in [0, 0.05) is 36.9 Å². The molecule has 0 aromatic heterocycles. The Morgan fingerprint density at radius 1 is 1.07 bits per heavy atom. The number of nitrogens with zero attached hydrogens (tertiary/aromatic N) is 2. The van der Waals surface area contributed by atoms with E-state index in [9.17, 15) is 9.59 Å². The highest BCUT2D eigenvalue weighted by atomic mass is 35.5. The first-order chi connectivity index (χ1) is 13.4. The number of rotatable bonds is 5. The van der Waals surface area contributed by atoms with Crippen LogP contribution in [-0.2, 0) is 17.9 Å². The van der Waals surface area contributed by atoms with Crippen LogP contribution < -0.4 is 10.6 Å². The molecule has 0 bridgehead atoms. The Bertz CT molecular complexity index is 823. The van der Waals surface area contributed by atoms with E-state index < -0.39 is 0 Å². The summed E-state index contributed by atoms with van der Waals surface area (Å²) in [7, 11) is 1.97. The van der Waals surface area contributed by atoms with E-state index >= 15 is 0 Å². The van der Waals surface area contributed by atoms with Crippen LogP contribution in [0.2, 0.25) is 5.02 Å². The number of halogens is 1. The van der Waals surface area contributed by atoms with Gasteiger partial charge in [-0.25, -0.2) is 4.79 Å². The lowest BCUT2D eigenvalue weighted by Gasteiger charge is -2.37. The van der Waals surface area contributed by atoms with Crippen molar-refractivity contribution >= 4 is 29.2 Å². The Hall–Kier alpha value is -2.57. The lowest BCUT2D eigenvalue weighted by Crippen LogP contribution is -2.53. The van der Waals surface area contributed by atoms with Gasteiger partial charge in [0.2, 0.25) is 5.91 Å². The number of anilines is 1. The van der Waals surface area contributed by atoms with Crippen molar-refractivity contribution in [2.45, 2.75) is 26.1 Å². The molecule has 148 valence electrons. The van der Waals surface area contributed by atoms with E-state index in [-0.39, 0.29) is 18.0 Å². The van der Waals surface area contributed by atoms with Gasteiger partial charge in [-0.2, -0.15) is 0 Å². The van der Waals surface area contributed by atoms with Crippen molar-refractivity contribution in [3.05, 3.63) is 64.7 Å². The monoisotopic (exact) mass is 400 g/mol. The van der Waals surface area contributed by atoms with Crippen LogP contribution in [-0.4, -0.2) is 47.9 Å². The minimum absolute atomic E-state index is 0.0842. The van der Waals surface area contributed by atoms with Gasteiger partial charge >= 0.3 is 6.03 Å². The summed E-state index contributed by atoms with van der Waals surface area (Å²) in [5, 5.41) is 6.29. The Labute approximate surface area is 170 Å². The fourth-order valence-corrected chi connectivity index (χ4v) is 3.19. The van der Waals surface area contributed by atoms with Crippen LogP contribution in [0.1, 0.15) is 18.1 Å². The van der Waals surface area contributed by atoms with Crippen LogP contribution in [0.25, 0.3) is 0 Å². The smallest absolute Gasteiger partial charge is 0.319 e. The molecule has 1 aliphatic heterocycles. The highest BCUT2D eigenvalue weighted by Gasteiger charge is 2.28. The topological polar surface area (TPSA) is 64.7 Å². The normalized spacial score (nSPS) is 17.5. The molecule has 2 aromatic carbocycles. The SMILES string of the molecule is C[C@@H]1C(=O)N(Cc2ccc(NC(=O)NCc3ccc(Cl)cc3)cc2)CCN1C. The minimum Gasteiger partial charge on any atom is -0.336 e. The molecule has 0 radical (unpaired) electrons. The van der Waals surface area contributed by atoms with Crippen molar-refractivity contribution < 1.29 is 9.59 Å². The summed E-state index contributed by atoms with van der Waals surface area (Å²) < 4.78 is 0. The average molecular weight is 401 g/mol. The van der Waals surface area contributed by atoms with Gasteiger partial charge in [0.25, 0.3) is 0 Å². The lowest BCUT2D eigenvalue weighted by atomic mass is 10.1. The number of amides is 3. The fraction of sp³-hybridized carbons (Fsp3) is 0.333. The van der Waals surface area contributed by atoms with Crippen molar-refractivity contribution in [1.82, 2.24) is 15.1 Å². The minimum atomic E-state index is -0.272. The highest BCUT2D eigenvalue weighted by Crippen LogP contribution is 2.15. The lowest BCUT2D eigenvalue weighted by molar-refractivity contribution is -0.140. The van der Waals surface area contributed by atoms with Crippen LogP contribution in [0.15, 0.2) is 48.5 Å². The second-order valence-electron chi connectivity index (χ2n) is 7.05. The van der Waals surface area contributed by atoms with E-state index in [0.29, 0.717) is 23.8 Å². The number of nitrogens with one attached hydrogen (secondary N) is 2. The quantitative estimate of drug-likeness (QED) is 0.809. The number of benzene rings is 2. The summed E-state index contributed by atoms with van der Waals surface area (Å²) in [6.45, 7) is 4.54. The molecule has 1 fully saturated rings. The third kappa shape index (κ3) is 5.24. The molecule has 7 heteroatoms. The summed E-state index contributed by atoms with van der Waals surface area (Å²) >= 11 is 5.85. The summed E-state index contributed by atoms with van der Waals surface area (Å²) in [6, 6.07) is 14.5. The predicted molar refractivity (Wildman–Crippen MR) is 111 cm³/mol. The molecule has 2 aromatic rings. The summed E-state index contributed by atoms with van der Waals surface area (Å²) in [5.41, 5.74) is 2.72. The van der Waals surface area contributed by atoms with Crippen LogP contribution >= 0.6 is 11.6 Å². The highest BCUT2D eigenvalue weighted by molar-refractivity contribution is 6.30. The Kier molecular flexibility index (Phi) is 6.54. The molecule has 0 aliphatic carbocycles. The molecule has 2 N–H and O–H groups in total. The van der Waals surface area contributed by atoms with Gasteiger partial charge in [0.15, 0.2) is 0 Å². The molecule has 0 unspecified atom stereocenters. The molecule has 3 amide bonds. The number of carbonyl (C=O) groups is 2. The molecule has 28 heavy (non-hydrogen) atoms. The zero-order valence-electron chi connectivity index (χ0n) is 16.1. The van der Waals surface area contributed by atoms with Crippen molar-refractivity contribution in [3.8, 4) is 0 Å². The van der Waals surface area contributed by atoms with Gasteiger partial charge in [-0.05, 0) is 49.4 Å². The molecule has 1 atom stereocenters. The zero-order chi connectivity index (χ0) is 20.1. The van der Waals surface area contributed by atoms with E-state index in [1.165, 1.54) is 0 Å². The van der Waals surface area contributed by atoms with Gasteiger partial charge < -0.3 is 15.5 Å². The summed E-state index contributed by atoms with van der Waals surface area (Å²) in [4.78, 5) is 28.4. The molecular formula is C21H25ClN4O2. The van der Waals surface area contributed by atoms with Crippen molar-refractivity contribution in [2.75, 3.05) is 25.5 Å². The number of hydrogen-bond donors (Lipinski definition) is 2. The standard InChI is InChI=1S/C21H25ClN4O2/c1-15-20(27)26(12-11-25(15)2)14-17-5-9-19(10-6-17)24-21(28)23-13-16-3-7-18(22)8-4-16/h3-10,15H,11-14H2,1-2H3,(H2,23,24,28)/t15-/m1/s1. The van der Waals surface area contributed by atoms with Gasteiger partial charge in [-0.15, -0.1) is 0 Å². The van der Waals surface area contributed by atoms with Gasteiger partial charge in [-0.1, -0.05) is 35.9 Å². The van der Waals surface area contributed by atoms with Gasteiger partial charge in [0.05, 0.1) is 6.04 Å². The number of piperazine rings is 1. The van der Waals surface area contributed by atoms with Crippen LogP contribution in [0.4, 0.5) is 10.5 Å². The molecule has 1 saturated heterocycles. The van der Waals surface area contributed by atoms with Crippen LogP contribution in [0.3, 0.4) is 0 Å². The maximum absolute atomic E-state index is 12.4. The molecule has 6 nitrogen and oxygen atoms in total. The largest absolute Gasteiger partial charge is 0.336 e. The van der Waals surface area contributed by atoms with Crippen molar-refractivity contribution in [2.24, 2.45) is 0 Å². The molecule has 0 spiro atoms. The van der Waals surface area contributed by atoms with E-state index in [0.717, 1.165) is 24.2 Å². The number of urea groups is 1. The van der Waals surface area contributed by atoms with Crippen molar-refractivity contribution in [3.63, 3.8) is 0 Å². The molecule has 1 heterocycles. The first kappa shape index (κ1) is 20.2. The van der Waals surface area contributed by atoms with E-state index in [2.05, 4.69) is 15.5 Å². The Morgan fingerprint density at radius 3 is 2.39 bits per heavy atom. The zero-order valence-corrected chi connectivity index (χ0v) is 16.9. The third-order valence-electron chi connectivity index (χ3n) is 5.00. The maximum Gasteiger partial charge on any atom is 0.319 e. The third-order valence-corrected chi connectivity index (χ3v) is 5.26. The fourth-order valence-electron chi connectivity index (χ4n) is 3.07. The Balaban J connectivity index is 1.49. The van der Waals surface area contributed by atoms with E-state index in [1.807, 2.05) is 55.3 Å². The molecule has 1 aliphatic rings. The predicted octanol–water partition coefficient (Wildman–Crippen LogP) is 3.32. The van der Waals surface area contributed by atoms with Crippen molar-refractivity contribution in [1.29, 1.82) is 0 Å². The molecule has 0 saturated carbocycles. The second kappa shape index (κ2) is 9.08. The first-order valence-corrected chi connectivity index (χ1v) is 9.67. The Morgan fingerprint density at radius 2 is 1.71 bits per heavy atom. The maximum atomic E-state index is 12.4. The number of hydrogen-bond acceptors (Lipinski definition) is 3. The number of carbonyl (C=O) groups excluding carboxylic acids is 2. The van der Waals surface area contributed by atoms with Crippen LogP contribution in [0, 0.1) is 0 Å². The van der Waals surface area contributed by atoms with Gasteiger partial charge in [0.1, 0.15) is 0 Å². The van der Waals surface area contributed by atoms with E-state index in [4.69, 9.17) is 11.6 Å².